The Morgan fingerprint density at radius 1 is 1.03 bits per heavy atom. The SMILES string of the molecule is Cc1cccc(NC(=O)C[NH+](C)CC(=O)N[C@H](C)C23CC4CC(CC(C4)C2)C3)c1C. The second kappa shape index (κ2) is 8.33. The molecule has 5 heteroatoms. The highest BCUT2D eigenvalue weighted by atomic mass is 16.2. The molecule has 2 atom stereocenters. The van der Waals surface area contributed by atoms with Crippen molar-refractivity contribution in [3.8, 4) is 0 Å². The van der Waals surface area contributed by atoms with E-state index in [2.05, 4.69) is 17.6 Å². The van der Waals surface area contributed by atoms with E-state index >= 15 is 0 Å². The summed E-state index contributed by atoms with van der Waals surface area (Å²) in [6.07, 6.45) is 8.14. The van der Waals surface area contributed by atoms with Gasteiger partial charge < -0.3 is 15.5 Å². The van der Waals surface area contributed by atoms with Gasteiger partial charge in [-0.2, -0.15) is 0 Å². The summed E-state index contributed by atoms with van der Waals surface area (Å²) in [6.45, 7) is 6.88. The van der Waals surface area contributed by atoms with E-state index in [1.165, 1.54) is 38.5 Å². The van der Waals surface area contributed by atoms with Gasteiger partial charge in [-0.15, -0.1) is 0 Å². The first kappa shape index (κ1) is 21.4. The highest BCUT2D eigenvalue weighted by Crippen LogP contribution is 2.61. The van der Waals surface area contributed by atoms with E-state index in [4.69, 9.17) is 0 Å². The molecule has 0 aromatic heterocycles. The van der Waals surface area contributed by atoms with Gasteiger partial charge in [-0.3, -0.25) is 9.59 Å². The molecule has 0 radical (unpaired) electrons. The molecule has 4 fully saturated rings. The topological polar surface area (TPSA) is 62.6 Å². The Kier molecular flexibility index (Phi) is 5.93. The Hall–Kier alpha value is -1.88. The molecule has 4 aliphatic rings. The van der Waals surface area contributed by atoms with Gasteiger partial charge in [0.25, 0.3) is 11.8 Å². The van der Waals surface area contributed by atoms with Gasteiger partial charge in [-0.1, -0.05) is 12.1 Å². The molecule has 4 aliphatic carbocycles. The number of nitrogens with one attached hydrogen (secondary N) is 3. The summed E-state index contributed by atoms with van der Waals surface area (Å²) < 4.78 is 0. The Morgan fingerprint density at radius 3 is 2.20 bits per heavy atom. The minimum Gasteiger partial charge on any atom is -0.348 e. The molecule has 2 amide bonds. The molecule has 0 spiro atoms. The van der Waals surface area contributed by atoms with E-state index < -0.39 is 0 Å². The molecular formula is C25H38N3O2+. The van der Waals surface area contributed by atoms with Gasteiger partial charge >= 0.3 is 0 Å². The third-order valence-corrected chi connectivity index (χ3v) is 8.19. The number of rotatable bonds is 7. The molecule has 0 saturated heterocycles. The van der Waals surface area contributed by atoms with Crippen molar-refractivity contribution < 1.29 is 14.5 Å². The minimum atomic E-state index is -0.0527. The molecule has 1 aromatic carbocycles. The highest BCUT2D eigenvalue weighted by Gasteiger charge is 2.53. The summed E-state index contributed by atoms with van der Waals surface area (Å²) >= 11 is 0. The molecule has 4 saturated carbocycles. The van der Waals surface area contributed by atoms with E-state index in [9.17, 15) is 9.59 Å². The Balaban J connectivity index is 1.26. The van der Waals surface area contributed by atoms with E-state index in [0.717, 1.165) is 39.5 Å². The van der Waals surface area contributed by atoms with Gasteiger partial charge in [-0.25, -0.2) is 0 Å². The van der Waals surface area contributed by atoms with Gasteiger partial charge in [0.2, 0.25) is 0 Å². The zero-order chi connectivity index (χ0) is 21.5. The van der Waals surface area contributed by atoms with Crippen LogP contribution >= 0.6 is 0 Å². The van der Waals surface area contributed by atoms with Crippen LogP contribution in [0.4, 0.5) is 5.69 Å². The van der Waals surface area contributed by atoms with Crippen molar-refractivity contribution in [3.05, 3.63) is 29.3 Å². The number of carbonyl (C=O) groups excluding carboxylic acids is 2. The van der Waals surface area contributed by atoms with Gasteiger partial charge in [0.15, 0.2) is 13.1 Å². The lowest BCUT2D eigenvalue weighted by atomic mass is 9.48. The summed E-state index contributed by atoms with van der Waals surface area (Å²) in [7, 11) is 1.91. The summed E-state index contributed by atoms with van der Waals surface area (Å²) in [5.41, 5.74) is 3.42. The van der Waals surface area contributed by atoms with Crippen molar-refractivity contribution in [2.75, 3.05) is 25.5 Å². The van der Waals surface area contributed by atoms with Crippen LogP contribution in [0.2, 0.25) is 0 Å². The molecule has 3 N–H and O–H groups in total. The number of aryl methyl sites for hydroxylation is 1. The normalized spacial score (nSPS) is 31.3. The maximum Gasteiger partial charge on any atom is 0.279 e. The Bertz CT molecular complexity index is 783. The molecule has 164 valence electrons. The van der Waals surface area contributed by atoms with E-state index in [-0.39, 0.29) is 24.4 Å². The van der Waals surface area contributed by atoms with Crippen LogP contribution in [0.15, 0.2) is 18.2 Å². The molecule has 1 unspecified atom stereocenters. The van der Waals surface area contributed by atoms with Crippen molar-refractivity contribution >= 4 is 17.5 Å². The lowest BCUT2D eigenvalue weighted by Gasteiger charge is -2.59. The van der Waals surface area contributed by atoms with Gasteiger partial charge in [-0.05, 0) is 99.7 Å². The zero-order valence-electron chi connectivity index (χ0n) is 19.0. The Labute approximate surface area is 181 Å². The van der Waals surface area contributed by atoms with Crippen molar-refractivity contribution in [2.45, 2.75) is 65.3 Å². The molecule has 0 heterocycles. The van der Waals surface area contributed by atoms with E-state index in [0.29, 0.717) is 12.0 Å². The summed E-state index contributed by atoms with van der Waals surface area (Å²) in [5.74, 6) is 2.67. The first-order chi connectivity index (χ1) is 14.2. The monoisotopic (exact) mass is 412 g/mol. The number of quaternary nitrogens is 1. The second-order valence-corrected chi connectivity index (χ2v) is 10.7. The number of likely N-dealkylation sites (N-methyl/N-ethyl adjacent to an activating group) is 1. The predicted octanol–water partition coefficient (Wildman–Crippen LogP) is 2.48. The van der Waals surface area contributed by atoms with Crippen molar-refractivity contribution in [2.24, 2.45) is 23.2 Å². The number of anilines is 1. The fourth-order valence-corrected chi connectivity index (χ4v) is 6.85. The maximum atomic E-state index is 12.7. The summed E-state index contributed by atoms with van der Waals surface area (Å²) in [4.78, 5) is 26.1. The van der Waals surface area contributed by atoms with Crippen LogP contribution < -0.4 is 15.5 Å². The fourth-order valence-electron chi connectivity index (χ4n) is 6.85. The van der Waals surface area contributed by atoms with Crippen LogP contribution in [-0.4, -0.2) is 38.0 Å². The first-order valence-corrected chi connectivity index (χ1v) is 11.7. The van der Waals surface area contributed by atoms with Crippen molar-refractivity contribution in [1.82, 2.24) is 5.32 Å². The van der Waals surface area contributed by atoms with Crippen LogP contribution in [-0.2, 0) is 9.59 Å². The largest absolute Gasteiger partial charge is 0.348 e. The molecule has 5 rings (SSSR count). The smallest absolute Gasteiger partial charge is 0.279 e. The number of hydrogen-bond acceptors (Lipinski definition) is 2. The molecule has 4 bridgehead atoms. The van der Waals surface area contributed by atoms with Crippen LogP contribution in [0, 0.1) is 37.0 Å². The minimum absolute atomic E-state index is 0.0527. The Morgan fingerprint density at radius 2 is 1.60 bits per heavy atom. The predicted molar refractivity (Wildman–Crippen MR) is 119 cm³/mol. The van der Waals surface area contributed by atoms with Crippen LogP contribution in [0.1, 0.15) is 56.6 Å². The first-order valence-electron chi connectivity index (χ1n) is 11.7. The number of hydrogen-bond donors (Lipinski definition) is 3. The molecule has 5 nitrogen and oxygen atoms in total. The lowest BCUT2D eigenvalue weighted by molar-refractivity contribution is -0.862. The van der Waals surface area contributed by atoms with Crippen molar-refractivity contribution in [3.63, 3.8) is 0 Å². The molecular weight excluding hydrogens is 374 g/mol. The third kappa shape index (κ3) is 4.41. The molecule has 0 aliphatic heterocycles. The standard InChI is InChI=1S/C25H37N3O2/c1-16-6-5-7-22(17(16)2)27-24(30)15-28(4)14-23(29)26-18(3)25-11-19-8-20(12-25)10-21(9-19)13-25/h5-7,18-21H,8-15H2,1-4H3,(H,26,29)(H,27,30)/p+1/t18-,19?,20?,21?,25?/m1/s1. The number of carbonyl (C=O) groups is 2. The molecule has 1 aromatic rings. The molecule has 30 heavy (non-hydrogen) atoms. The summed E-state index contributed by atoms with van der Waals surface area (Å²) in [5, 5.41) is 6.31. The van der Waals surface area contributed by atoms with E-state index in [1.54, 1.807) is 0 Å². The number of benzene rings is 1. The van der Waals surface area contributed by atoms with E-state index in [1.807, 2.05) is 39.1 Å². The lowest BCUT2D eigenvalue weighted by Crippen LogP contribution is -3.11. The second-order valence-electron chi connectivity index (χ2n) is 10.7. The van der Waals surface area contributed by atoms with Crippen LogP contribution in [0.5, 0.6) is 0 Å². The van der Waals surface area contributed by atoms with Crippen LogP contribution in [0.3, 0.4) is 0 Å². The zero-order valence-corrected chi connectivity index (χ0v) is 19.0. The average molecular weight is 413 g/mol. The van der Waals surface area contributed by atoms with Crippen molar-refractivity contribution in [1.29, 1.82) is 0 Å². The third-order valence-electron chi connectivity index (χ3n) is 8.19. The van der Waals surface area contributed by atoms with Crippen LogP contribution in [0.25, 0.3) is 0 Å². The quantitative estimate of drug-likeness (QED) is 0.644. The maximum absolute atomic E-state index is 12.7. The number of amides is 2. The van der Waals surface area contributed by atoms with Gasteiger partial charge in [0, 0.05) is 11.7 Å². The summed E-state index contributed by atoms with van der Waals surface area (Å²) in [6, 6.07) is 6.15. The fraction of sp³-hybridized carbons (Fsp3) is 0.680. The highest BCUT2D eigenvalue weighted by molar-refractivity contribution is 5.92. The van der Waals surface area contributed by atoms with Gasteiger partial charge in [0.1, 0.15) is 0 Å². The van der Waals surface area contributed by atoms with Gasteiger partial charge in [0.05, 0.1) is 7.05 Å². The average Bonchev–Trinajstić information content (AvgIpc) is 2.64.